The van der Waals surface area contributed by atoms with Crippen molar-refractivity contribution in [2.75, 3.05) is 20.3 Å². The smallest absolute Gasteiger partial charge is 0.172 e. The van der Waals surface area contributed by atoms with Gasteiger partial charge in [0.1, 0.15) is 24.0 Å². The maximum Gasteiger partial charge on any atom is 0.172 e. The summed E-state index contributed by atoms with van der Waals surface area (Å²) in [6, 6.07) is 8.52. The van der Waals surface area contributed by atoms with E-state index in [0.29, 0.717) is 11.4 Å². The Balaban J connectivity index is 1.49. The maximum atomic E-state index is 14.3. The van der Waals surface area contributed by atoms with Crippen molar-refractivity contribution in [3.8, 4) is 11.4 Å². The lowest BCUT2D eigenvalue weighted by Gasteiger charge is -2.36. The normalized spacial score (nSPS) is 19.1. The molecule has 6 nitrogen and oxygen atoms in total. The zero-order chi connectivity index (χ0) is 24.5. The van der Waals surface area contributed by atoms with Crippen LogP contribution in [0.5, 0.6) is 5.75 Å². The summed E-state index contributed by atoms with van der Waals surface area (Å²) in [6.45, 7) is 4.37. The van der Waals surface area contributed by atoms with Crippen LogP contribution in [-0.4, -0.2) is 40.5 Å². The van der Waals surface area contributed by atoms with Crippen molar-refractivity contribution in [3.05, 3.63) is 82.4 Å². The highest BCUT2D eigenvalue weighted by Gasteiger charge is 2.32. The molecule has 0 spiro atoms. The van der Waals surface area contributed by atoms with E-state index in [1.54, 1.807) is 13.4 Å². The molecule has 0 bridgehead atoms. The van der Waals surface area contributed by atoms with Gasteiger partial charge in [0.15, 0.2) is 5.84 Å². The summed E-state index contributed by atoms with van der Waals surface area (Å²) >= 11 is 0. The lowest BCUT2D eigenvalue weighted by Crippen LogP contribution is -2.40. The molecule has 2 aromatic carbocycles. The standard InChI is InChI=1S/C27H28F2N4O2/c1-17-14-32(16-30-17)24-8-7-19(11-26(24)34-3)10-20-6-4-5-9-33-25(15-35-31-27(20)33)21-12-22(28)18(2)23(29)13-21/h7-8,10-14,16,25H,4-6,9,15H2,1-3H3/b20-10+/t25-/m0/s1. The zero-order valence-electron chi connectivity index (χ0n) is 20.1. The van der Waals surface area contributed by atoms with Crippen molar-refractivity contribution < 1.29 is 18.4 Å². The monoisotopic (exact) mass is 478 g/mol. The van der Waals surface area contributed by atoms with Gasteiger partial charge in [-0.2, -0.15) is 0 Å². The van der Waals surface area contributed by atoms with E-state index < -0.39 is 11.6 Å². The summed E-state index contributed by atoms with van der Waals surface area (Å²) in [5, 5.41) is 4.38. The highest BCUT2D eigenvalue weighted by molar-refractivity contribution is 6.02. The summed E-state index contributed by atoms with van der Waals surface area (Å²) in [5.41, 5.74) is 4.40. The molecule has 5 rings (SSSR count). The summed E-state index contributed by atoms with van der Waals surface area (Å²) in [6.07, 6.45) is 8.56. The van der Waals surface area contributed by atoms with Crippen LogP contribution in [0.1, 0.15) is 47.7 Å². The van der Waals surface area contributed by atoms with Crippen LogP contribution in [0.25, 0.3) is 11.8 Å². The van der Waals surface area contributed by atoms with E-state index in [4.69, 9.17) is 9.57 Å². The molecule has 0 N–H and O–H groups in total. The van der Waals surface area contributed by atoms with Gasteiger partial charge in [0.25, 0.3) is 0 Å². The van der Waals surface area contributed by atoms with Gasteiger partial charge in [0.2, 0.25) is 0 Å². The van der Waals surface area contributed by atoms with Gasteiger partial charge in [-0.1, -0.05) is 11.2 Å². The number of hydrogen-bond acceptors (Lipinski definition) is 5. The van der Waals surface area contributed by atoms with Gasteiger partial charge in [0.05, 0.1) is 30.9 Å². The van der Waals surface area contributed by atoms with E-state index in [-0.39, 0.29) is 18.2 Å². The first-order valence-corrected chi connectivity index (χ1v) is 11.8. The molecule has 2 aliphatic heterocycles. The Morgan fingerprint density at radius 1 is 1.11 bits per heavy atom. The lowest BCUT2D eigenvalue weighted by atomic mass is 10.0. The molecule has 0 unspecified atom stereocenters. The number of amidine groups is 1. The minimum atomic E-state index is -0.546. The second kappa shape index (κ2) is 9.52. The molecule has 0 saturated carbocycles. The van der Waals surface area contributed by atoms with Gasteiger partial charge in [0, 0.05) is 18.3 Å². The summed E-state index contributed by atoms with van der Waals surface area (Å²) < 4.78 is 36.3. The summed E-state index contributed by atoms with van der Waals surface area (Å²) in [5.74, 6) is 0.353. The Kier molecular flexibility index (Phi) is 6.28. The molecule has 3 heterocycles. The van der Waals surface area contributed by atoms with E-state index in [0.717, 1.165) is 54.1 Å². The molecule has 2 aliphatic rings. The minimum Gasteiger partial charge on any atom is -0.495 e. The molecule has 3 aromatic rings. The van der Waals surface area contributed by atoms with E-state index in [1.165, 1.54) is 19.1 Å². The van der Waals surface area contributed by atoms with Crippen LogP contribution in [0.3, 0.4) is 0 Å². The van der Waals surface area contributed by atoms with E-state index in [1.807, 2.05) is 35.9 Å². The molecule has 182 valence electrons. The number of imidazole rings is 1. The third kappa shape index (κ3) is 4.52. The van der Waals surface area contributed by atoms with Crippen LogP contribution in [0.15, 0.2) is 53.6 Å². The van der Waals surface area contributed by atoms with Gasteiger partial charge < -0.3 is 19.0 Å². The Labute approximate surface area is 203 Å². The van der Waals surface area contributed by atoms with Crippen molar-refractivity contribution in [3.63, 3.8) is 0 Å². The number of oxime groups is 1. The summed E-state index contributed by atoms with van der Waals surface area (Å²) in [4.78, 5) is 12.0. The topological polar surface area (TPSA) is 51.9 Å². The van der Waals surface area contributed by atoms with E-state index in [9.17, 15) is 8.78 Å². The first-order valence-electron chi connectivity index (χ1n) is 11.8. The quantitative estimate of drug-likeness (QED) is 0.481. The third-order valence-electron chi connectivity index (χ3n) is 6.64. The number of rotatable bonds is 4. The van der Waals surface area contributed by atoms with Gasteiger partial charge in [-0.15, -0.1) is 0 Å². The van der Waals surface area contributed by atoms with Crippen LogP contribution in [-0.2, 0) is 4.84 Å². The van der Waals surface area contributed by atoms with Gasteiger partial charge in [-0.3, -0.25) is 0 Å². The molecule has 35 heavy (non-hydrogen) atoms. The van der Waals surface area contributed by atoms with Crippen molar-refractivity contribution in [1.29, 1.82) is 0 Å². The third-order valence-corrected chi connectivity index (χ3v) is 6.64. The fourth-order valence-electron chi connectivity index (χ4n) is 4.69. The number of hydrogen-bond donors (Lipinski definition) is 0. The first kappa shape index (κ1) is 23.1. The Bertz CT molecular complexity index is 1290. The number of halogens is 2. The molecular weight excluding hydrogens is 450 g/mol. The van der Waals surface area contributed by atoms with Crippen LogP contribution in [0.4, 0.5) is 8.78 Å². The van der Waals surface area contributed by atoms with Gasteiger partial charge >= 0.3 is 0 Å². The highest BCUT2D eigenvalue weighted by atomic mass is 19.1. The molecule has 1 fully saturated rings. The largest absolute Gasteiger partial charge is 0.495 e. The second-order valence-electron chi connectivity index (χ2n) is 9.01. The zero-order valence-corrected chi connectivity index (χ0v) is 20.1. The number of fused-ring (bicyclic) bond motifs is 1. The van der Waals surface area contributed by atoms with Crippen LogP contribution >= 0.6 is 0 Å². The van der Waals surface area contributed by atoms with E-state index >= 15 is 0 Å². The molecule has 0 aliphatic carbocycles. The highest BCUT2D eigenvalue weighted by Crippen LogP contribution is 2.34. The number of nitrogens with zero attached hydrogens (tertiary/aromatic N) is 4. The second-order valence-corrected chi connectivity index (χ2v) is 9.01. The van der Waals surface area contributed by atoms with Crippen LogP contribution < -0.4 is 4.74 Å². The average Bonchev–Trinajstić information content (AvgIpc) is 3.19. The molecule has 0 amide bonds. The SMILES string of the molecule is COc1cc(/C=C2\CCCCN3C2=NOC[C@H]3c2cc(F)c(C)c(F)c2)ccc1-n1cnc(C)c1. The van der Waals surface area contributed by atoms with Crippen LogP contribution in [0, 0.1) is 25.5 Å². The maximum absolute atomic E-state index is 14.3. The van der Waals surface area contributed by atoms with Crippen molar-refractivity contribution in [1.82, 2.24) is 14.5 Å². The summed E-state index contributed by atoms with van der Waals surface area (Å²) in [7, 11) is 1.65. The minimum absolute atomic E-state index is 0.0269. The molecule has 1 saturated heterocycles. The molecular formula is C27H28F2N4O2. The molecule has 1 atom stereocenters. The van der Waals surface area contributed by atoms with Gasteiger partial charge in [-0.05, 0) is 80.2 Å². The first-order chi connectivity index (χ1) is 16.9. The molecule has 1 aromatic heterocycles. The number of ether oxygens (including phenoxy) is 1. The number of methoxy groups -OCH3 is 1. The molecule has 8 heteroatoms. The Morgan fingerprint density at radius 2 is 1.91 bits per heavy atom. The lowest BCUT2D eigenvalue weighted by molar-refractivity contribution is 0.0612. The Hall–Kier alpha value is -3.68. The predicted octanol–water partition coefficient (Wildman–Crippen LogP) is 5.73. The Morgan fingerprint density at radius 3 is 2.63 bits per heavy atom. The van der Waals surface area contributed by atoms with Crippen molar-refractivity contribution in [2.24, 2.45) is 5.16 Å². The van der Waals surface area contributed by atoms with Crippen LogP contribution in [0.2, 0.25) is 0 Å². The van der Waals surface area contributed by atoms with E-state index in [2.05, 4.69) is 21.1 Å². The van der Waals surface area contributed by atoms with Gasteiger partial charge in [-0.25, -0.2) is 13.8 Å². The number of aromatic nitrogens is 2. The average molecular weight is 479 g/mol. The van der Waals surface area contributed by atoms with Crippen molar-refractivity contribution in [2.45, 2.75) is 39.2 Å². The predicted molar refractivity (Wildman–Crippen MR) is 131 cm³/mol. The number of benzene rings is 2. The fourth-order valence-corrected chi connectivity index (χ4v) is 4.69. The molecule has 0 radical (unpaired) electrons. The number of aryl methyl sites for hydroxylation is 1. The fraction of sp³-hybridized carbons (Fsp3) is 0.333. The van der Waals surface area contributed by atoms with Crippen molar-refractivity contribution >= 4 is 11.9 Å².